The second-order valence-corrected chi connectivity index (χ2v) is 9.13. The Bertz CT molecular complexity index is 953. The van der Waals surface area contributed by atoms with Crippen molar-refractivity contribution in [3.63, 3.8) is 0 Å². The lowest BCUT2D eigenvalue weighted by Gasteiger charge is -2.12. The van der Waals surface area contributed by atoms with E-state index in [1.54, 1.807) is 18.2 Å². The molecular formula is C20H14FI2NO3S. The van der Waals surface area contributed by atoms with Gasteiger partial charge in [0.05, 0.1) is 12.0 Å². The molecule has 0 spiro atoms. The molecule has 0 N–H and O–H groups in total. The molecule has 0 bridgehead atoms. The first-order valence-corrected chi connectivity index (χ1v) is 11.1. The van der Waals surface area contributed by atoms with E-state index in [1.807, 2.05) is 12.1 Å². The van der Waals surface area contributed by atoms with E-state index < -0.39 is 0 Å². The summed E-state index contributed by atoms with van der Waals surface area (Å²) in [6.07, 6.45) is 3.24. The Balaban J connectivity index is 1.78. The van der Waals surface area contributed by atoms with Gasteiger partial charge in [-0.05, 0) is 98.4 Å². The third-order valence-electron chi connectivity index (χ3n) is 3.80. The normalized spacial score (nSPS) is 15.4. The largest absolute Gasteiger partial charge is 0.487 e. The highest BCUT2D eigenvalue weighted by Gasteiger charge is 2.34. The second-order valence-electron chi connectivity index (χ2n) is 5.81. The number of ether oxygens (including phenoxy) is 1. The lowest BCUT2D eigenvalue weighted by atomic mass is 10.2. The molecule has 0 aromatic heterocycles. The van der Waals surface area contributed by atoms with Gasteiger partial charge in [-0.15, -0.1) is 6.58 Å². The third-order valence-corrected chi connectivity index (χ3v) is 6.31. The van der Waals surface area contributed by atoms with E-state index in [9.17, 15) is 14.0 Å². The summed E-state index contributed by atoms with van der Waals surface area (Å²) >= 11 is 5.27. The molecule has 0 saturated carbocycles. The number of halogens is 3. The number of thioether (sulfide) groups is 1. The summed E-state index contributed by atoms with van der Waals surface area (Å²) < 4.78 is 20.7. The molecule has 0 unspecified atom stereocenters. The SMILES string of the molecule is C=CCN1C(=O)S/C(=C/c2cc(I)c(OCc3ccc(F)cc3)c(I)c2)C1=O. The van der Waals surface area contributed by atoms with Crippen molar-refractivity contribution in [3.05, 3.63) is 78.0 Å². The number of carbonyl (C=O) groups excluding carboxylic acids is 2. The molecule has 0 atom stereocenters. The number of benzene rings is 2. The molecule has 144 valence electrons. The summed E-state index contributed by atoms with van der Waals surface area (Å²) in [5.41, 5.74) is 1.68. The van der Waals surface area contributed by atoms with Crippen LogP contribution < -0.4 is 4.74 Å². The number of rotatable bonds is 6. The Morgan fingerprint density at radius 3 is 2.39 bits per heavy atom. The minimum atomic E-state index is -0.309. The van der Waals surface area contributed by atoms with Crippen LogP contribution in [0.25, 0.3) is 6.08 Å². The van der Waals surface area contributed by atoms with Gasteiger partial charge < -0.3 is 4.74 Å². The van der Waals surface area contributed by atoms with Gasteiger partial charge in [-0.2, -0.15) is 0 Å². The highest BCUT2D eigenvalue weighted by molar-refractivity contribution is 14.1. The van der Waals surface area contributed by atoms with Gasteiger partial charge in [0.15, 0.2) is 0 Å². The Labute approximate surface area is 193 Å². The molecule has 0 radical (unpaired) electrons. The van der Waals surface area contributed by atoms with E-state index in [1.165, 1.54) is 23.1 Å². The first kappa shape index (κ1) is 21.3. The lowest BCUT2D eigenvalue weighted by molar-refractivity contribution is -0.122. The summed E-state index contributed by atoms with van der Waals surface area (Å²) in [6.45, 7) is 4.10. The van der Waals surface area contributed by atoms with Crippen molar-refractivity contribution in [2.45, 2.75) is 6.61 Å². The fourth-order valence-corrected chi connectivity index (χ4v) is 5.45. The fourth-order valence-electron chi connectivity index (χ4n) is 2.47. The Hall–Kier alpha value is -1.40. The van der Waals surface area contributed by atoms with Crippen LogP contribution in [0.3, 0.4) is 0 Å². The number of amides is 2. The van der Waals surface area contributed by atoms with Crippen molar-refractivity contribution < 1.29 is 18.7 Å². The second kappa shape index (κ2) is 9.40. The van der Waals surface area contributed by atoms with Crippen molar-refractivity contribution in [1.29, 1.82) is 0 Å². The van der Waals surface area contributed by atoms with E-state index >= 15 is 0 Å². The van der Waals surface area contributed by atoms with Crippen LogP contribution >= 0.6 is 56.9 Å². The van der Waals surface area contributed by atoms with Crippen molar-refractivity contribution in [3.8, 4) is 5.75 Å². The summed E-state index contributed by atoms with van der Waals surface area (Å²) in [6, 6.07) is 9.95. The monoisotopic (exact) mass is 621 g/mol. The molecule has 1 aliphatic rings. The number of hydrogen-bond acceptors (Lipinski definition) is 4. The molecule has 3 rings (SSSR count). The number of imide groups is 1. The van der Waals surface area contributed by atoms with Crippen LogP contribution in [-0.2, 0) is 11.4 Å². The molecular weight excluding hydrogens is 607 g/mol. The molecule has 2 aromatic rings. The summed E-state index contributed by atoms with van der Waals surface area (Å²) in [5.74, 6) is 0.133. The molecule has 28 heavy (non-hydrogen) atoms. The molecule has 4 nitrogen and oxygen atoms in total. The Morgan fingerprint density at radius 2 is 1.79 bits per heavy atom. The average Bonchev–Trinajstić information content (AvgIpc) is 2.90. The van der Waals surface area contributed by atoms with Gasteiger partial charge in [-0.1, -0.05) is 18.2 Å². The maximum atomic E-state index is 13.0. The van der Waals surface area contributed by atoms with Gasteiger partial charge in [-0.25, -0.2) is 4.39 Å². The lowest BCUT2D eigenvalue weighted by Crippen LogP contribution is -2.27. The van der Waals surface area contributed by atoms with Gasteiger partial charge >= 0.3 is 0 Å². The van der Waals surface area contributed by atoms with Crippen LogP contribution in [0.2, 0.25) is 0 Å². The first-order valence-electron chi connectivity index (χ1n) is 8.11. The van der Waals surface area contributed by atoms with Crippen LogP contribution in [0.4, 0.5) is 9.18 Å². The van der Waals surface area contributed by atoms with E-state index in [2.05, 4.69) is 51.8 Å². The zero-order valence-electron chi connectivity index (χ0n) is 14.5. The molecule has 1 heterocycles. The van der Waals surface area contributed by atoms with E-state index in [0.717, 1.165) is 35.8 Å². The minimum absolute atomic E-state index is 0.202. The van der Waals surface area contributed by atoms with Crippen LogP contribution in [-0.4, -0.2) is 22.6 Å². The van der Waals surface area contributed by atoms with Crippen LogP contribution in [0.15, 0.2) is 54.0 Å². The molecule has 2 aromatic carbocycles. The van der Waals surface area contributed by atoms with Crippen LogP contribution in [0.1, 0.15) is 11.1 Å². The maximum Gasteiger partial charge on any atom is 0.293 e. The van der Waals surface area contributed by atoms with E-state index in [-0.39, 0.29) is 23.5 Å². The van der Waals surface area contributed by atoms with Gasteiger partial charge in [-0.3, -0.25) is 14.5 Å². The highest BCUT2D eigenvalue weighted by Crippen LogP contribution is 2.35. The van der Waals surface area contributed by atoms with Gasteiger partial charge in [0.25, 0.3) is 11.1 Å². The smallest absolute Gasteiger partial charge is 0.293 e. The standard InChI is InChI=1S/C20H14FI2NO3S/c1-2-7-24-19(25)17(28-20(24)26)10-13-8-15(22)18(16(23)9-13)27-11-12-3-5-14(21)6-4-12/h2-6,8-10H,1,7,11H2/b17-10+. The predicted octanol–water partition coefficient (Wildman–Crippen LogP) is 5.84. The number of carbonyl (C=O) groups is 2. The van der Waals surface area contributed by atoms with Crippen molar-refractivity contribution in [2.24, 2.45) is 0 Å². The van der Waals surface area contributed by atoms with Gasteiger partial charge in [0.2, 0.25) is 0 Å². The molecule has 1 saturated heterocycles. The average molecular weight is 621 g/mol. The highest BCUT2D eigenvalue weighted by atomic mass is 127. The first-order chi connectivity index (χ1) is 13.4. The van der Waals surface area contributed by atoms with Crippen LogP contribution in [0.5, 0.6) is 5.75 Å². The minimum Gasteiger partial charge on any atom is -0.487 e. The van der Waals surface area contributed by atoms with Crippen molar-refractivity contribution in [2.75, 3.05) is 6.54 Å². The topological polar surface area (TPSA) is 46.6 Å². The molecule has 0 aliphatic carbocycles. The Kier molecular flexibility index (Phi) is 7.15. The van der Waals surface area contributed by atoms with Gasteiger partial charge in [0, 0.05) is 6.54 Å². The summed E-state index contributed by atoms with van der Waals surface area (Å²) in [4.78, 5) is 25.8. The maximum absolute atomic E-state index is 13.0. The van der Waals surface area contributed by atoms with Crippen LogP contribution in [0, 0.1) is 13.0 Å². The summed E-state index contributed by atoms with van der Waals surface area (Å²) in [7, 11) is 0. The van der Waals surface area contributed by atoms with Gasteiger partial charge in [0.1, 0.15) is 18.2 Å². The quantitative estimate of drug-likeness (QED) is 0.231. The van der Waals surface area contributed by atoms with Crippen molar-refractivity contribution >= 4 is 74.2 Å². The molecule has 2 amide bonds. The van der Waals surface area contributed by atoms with E-state index in [4.69, 9.17) is 4.74 Å². The Morgan fingerprint density at radius 1 is 1.14 bits per heavy atom. The van der Waals surface area contributed by atoms with E-state index in [0.29, 0.717) is 11.5 Å². The molecule has 8 heteroatoms. The predicted molar refractivity (Wildman–Crippen MR) is 125 cm³/mol. The number of nitrogens with zero attached hydrogens (tertiary/aromatic N) is 1. The third kappa shape index (κ3) is 4.95. The fraction of sp³-hybridized carbons (Fsp3) is 0.100. The molecule has 1 fully saturated rings. The van der Waals surface area contributed by atoms with Crippen molar-refractivity contribution in [1.82, 2.24) is 4.90 Å². The number of hydrogen-bond donors (Lipinski definition) is 0. The zero-order valence-corrected chi connectivity index (χ0v) is 19.6. The zero-order chi connectivity index (χ0) is 20.3. The molecule has 1 aliphatic heterocycles. The summed E-state index contributed by atoms with van der Waals surface area (Å²) in [5, 5.41) is -0.292.